The lowest BCUT2D eigenvalue weighted by atomic mass is 9.99. The van der Waals surface area contributed by atoms with Crippen LogP contribution in [-0.2, 0) is 6.54 Å². The number of aromatic nitrogens is 2. The number of rotatable bonds is 5. The molecule has 0 aliphatic carbocycles. The number of hydrogen-bond donors (Lipinski definition) is 4. The zero-order valence-corrected chi connectivity index (χ0v) is 15.9. The maximum atomic E-state index is 12.6. The molecule has 0 aliphatic heterocycles. The molecule has 0 radical (unpaired) electrons. The van der Waals surface area contributed by atoms with Gasteiger partial charge in [0.05, 0.1) is 45.6 Å². The van der Waals surface area contributed by atoms with Crippen LogP contribution in [0.25, 0.3) is 32.6 Å². The van der Waals surface area contributed by atoms with Gasteiger partial charge in [-0.1, -0.05) is 0 Å². The Balaban J connectivity index is 2.22. The van der Waals surface area contributed by atoms with Crippen LogP contribution in [0.3, 0.4) is 0 Å². The van der Waals surface area contributed by atoms with E-state index in [1.807, 2.05) is 30.9 Å². The van der Waals surface area contributed by atoms with E-state index in [-0.39, 0.29) is 27.7 Å². The Morgan fingerprint density at radius 2 is 1.89 bits per heavy atom. The van der Waals surface area contributed by atoms with Crippen molar-refractivity contribution in [3.8, 4) is 11.5 Å². The fourth-order valence-corrected chi connectivity index (χ4v) is 3.71. The molecule has 0 spiro atoms. The van der Waals surface area contributed by atoms with Gasteiger partial charge >= 0.3 is 0 Å². The van der Waals surface area contributed by atoms with Gasteiger partial charge in [0.25, 0.3) is 0 Å². The van der Waals surface area contributed by atoms with E-state index in [4.69, 9.17) is 5.73 Å². The highest BCUT2D eigenvalue weighted by atomic mass is 16.3. The van der Waals surface area contributed by atoms with E-state index in [9.17, 15) is 15.0 Å². The number of phenols is 2. The number of likely N-dealkylation sites (N-methyl/N-ethyl adjacent to an activating group) is 1. The zero-order valence-electron chi connectivity index (χ0n) is 15.9. The molecule has 8 nitrogen and oxygen atoms in total. The van der Waals surface area contributed by atoms with Gasteiger partial charge in [0.15, 0.2) is 5.43 Å². The average molecular weight is 381 g/mol. The van der Waals surface area contributed by atoms with Gasteiger partial charge in [-0.15, -0.1) is 0 Å². The number of aromatic amines is 1. The minimum absolute atomic E-state index is 0.137. The van der Waals surface area contributed by atoms with Crippen LogP contribution in [0.1, 0.15) is 0 Å². The van der Waals surface area contributed by atoms with Crippen LogP contribution in [0.2, 0.25) is 0 Å². The molecule has 1 heterocycles. The third-order valence-electron chi connectivity index (χ3n) is 5.00. The third kappa shape index (κ3) is 2.69. The van der Waals surface area contributed by atoms with Crippen molar-refractivity contribution in [3.63, 3.8) is 0 Å². The standard InChI is InChI=1S/C20H23N5O3/c1-24(2)9-10-25-12-4-3-11(22-8-7-21)15-16(12)19(23-25)17-13(26)5-6-14(27)18(17)20(15)28/h3-6,23,27-28H,7-10,21H2,1-2H3. The number of phenolic OH excluding ortho intramolecular Hbond substituents is 2. The molecule has 0 saturated carbocycles. The Kier molecular flexibility index (Phi) is 4.44. The van der Waals surface area contributed by atoms with Crippen molar-refractivity contribution in [2.24, 2.45) is 10.7 Å². The molecule has 0 amide bonds. The van der Waals surface area contributed by atoms with E-state index in [1.165, 1.54) is 12.1 Å². The van der Waals surface area contributed by atoms with Crippen molar-refractivity contribution in [2.75, 3.05) is 33.7 Å². The normalized spacial score (nSPS) is 12.9. The van der Waals surface area contributed by atoms with Crippen molar-refractivity contribution in [1.82, 2.24) is 14.7 Å². The quantitative estimate of drug-likeness (QED) is 0.383. The highest BCUT2D eigenvalue weighted by Gasteiger charge is 2.21. The van der Waals surface area contributed by atoms with Gasteiger partial charge in [-0.05, 0) is 38.4 Å². The maximum absolute atomic E-state index is 12.6. The minimum Gasteiger partial charge on any atom is -0.507 e. The number of fused-ring (bicyclic) bond motifs is 2. The number of nitrogens with zero attached hydrogens (tertiary/aromatic N) is 3. The van der Waals surface area contributed by atoms with Gasteiger partial charge in [0.2, 0.25) is 0 Å². The zero-order chi connectivity index (χ0) is 20.0. The summed E-state index contributed by atoms with van der Waals surface area (Å²) in [7, 11) is 3.98. The van der Waals surface area contributed by atoms with Crippen LogP contribution in [0.4, 0.5) is 0 Å². The van der Waals surface area contributed by atoms with Crippen molar-refractivity contribution in [3.05, 3.63) is 39.8 Å². The molecular formula is C20H23N5O3. The summed E-state index contributed by atoms with van der Waals surface area (Å²) in [4.78, 5) is 19.2. The first-order valence-electron chi connectivity index (χ1n) is 9.14. The molecule has 4 aromatic rings. The lowest BCUT2D eigenvalue weighted by Crippen LogP contribution is -2.19. The van der Waals surface area contributed by atoms with Crippen LogP contribution in [0.5, 0.6) is 11.5 Å². The van der Waals surface area contributed by atoms with E-state index in [1.54, 1.807) is 0 Å². The fourth-order valence-electron chi connectivity index (χ4n) is 3.71. The Morgan fingerprint density at radius 1 is 1.11 bits per heavy atom. The first-order chi connectivity index (χ1) is 13.4. The van der Waals surface area contributed by atoms with E-state index >= 15 is 0 Å². The van der Waals surface area contributed by atoms with E-state index in [0.29, 0.717) is 35.9 Å². The molecule has 0 atom stereocenters. The number of hydrogen-bond acceptors (Lipinski definition) is 6. The number of nitrogens with two attached hydrogens (primary N) is 1. The molecule has 1 aromatic heterocycles. The predicted octanol–water partition coefficient (Wildman–Crippen LogP) is 0.906. The Morgan fingerprint density at radius 3 is 2.61 bits per heavy atom. The molecule has 3 aromatic carbocycles. The molecule has 5 N–H and O–H groups in total. The second-order valence-corrected chi connectivity index (χ2v) is 7.15. The molecule has 146 valence electrons. The van der Waals surface area contributed by atoms with Crippen LogP contribution in [0, 0.1) is 0 Å². The molecule has 0 bridgehead atoms. The van der Waals surface area contributed by atoms with Gasteiger partial charge < -0.3 is 20.8 Å². The average Bonchev–Trinajstić information content (AvgIpc) is 3.03. The van der Waals surface area contributed by atoms with Gasteiger partial charge in [-0.25, -0.2) is 0 Å². The van der Waals surface area contributed by atoms with E-state index in [0.717, 1.165) is 17.4 Å². The summed E-state index contributed by atoms with van der Waals surface area (Å²) >= 11 is 0. The summed E-state index contributed by atoms with van der Waals surface area (Å²) in [6, 6.07) is 6.37. The third-order valence-corrected chi connectivity index (χ3v) is 5.00. The van der Waals surface area contributed by atoms with Gasteiger partial charge in [-0.3, -0.25) is 19.6 Å². The van der Waals surface area contributed by atoms with Gasteiger partial charge in [0.1, 0.15) is 11.5 Å². The minimum atomic E-state index is -0.266. The van der Waals surface area contributed by atoms with Crippen molar-refractivity contribution < 1.29 is 10.2 Å². The van der Waals surface area contributed by atoms with Crippen LogP contribution in [-0.4, -0.2) is 58.6 Å². The molecular weight excluding hydrogens is 358 g/mol. The number of benzene rings is 3. The van der Waals surface area contributed by atoms with Crippen molar-refractivity contribution in [2.45, 2.75) is 6.54 Å². The predicted molar refractivity (Wildman–Crippen MR) is 110 cm³/mol. The fraction of sp³-hybridized carbons (Fsp3) is 0.300. The molecule has 0 saturated heterocycles. The van der Waals surface area contributed by atoms with Crippen LogP contribution in [0.15, 0.2) is 34.1 Å². The lowest BCUT2D eigenvalue weighted by Gasteiger charge is -2.11. The monoisotopic (exact) mass is 381 g/mol. The summed E-state index contributed by atoms with van der Waals surface area (Å²) in [5, 5.41) is 26.9. The first kappa shape index (κ1) is 18.3. The van der Waals surface area contributed by atoms with Crippen LogP contribution < -0.4 is 16.5 Å². The van der Waals surface area contributed by atoms with Crippen molar-refractivity contribution >= 4 is 32.6 Å². The first-order valence-corrected chi connectivity index (χ1v) is 9.14. The largest absolute Gasteiger partial charge is 0.507 e. The van der Waals surface area contributed by atoms with Crippen LogP contribution >= 0.6 is 0 Å². The SMILES string of the molecule is CN(C)CCn1[nH]c2c3c(=O)ccc(O)c3c(O)c3c(=NCCN)ccc1c32. The summed E-state index contributed by atoms with van der Waals surface area (Å²) in [6.07, 6.45) is 0. The number of nitrogens with one attached hydrogen (secondary N) is 1. The second-order valence-electron chi connectivity index (χ2n) is 7.15. The Labute approximate surface area is 160 Å². The molecule has 0 aliphatic rings. The summed E-state index contributed by atoms with van der Waals surface area (Å²) in [6.45, 7) is 2.26. The summed E-state index contributed by atoms with van der Waals surface area (Å²) in [5.41, 5.74) is 6.77. The van der Waals surface area contributed by atoms with E-state index < -0.39 is 0 Å². The van der Waals surface area contributed by atoms with E-state index in [2.05, 4.69) is 15.0 Å². The van der Waals surface area contributed by atoms with Gasteiger partial charge in [0, 0.05) is 18.5 Å². The molecule has 8 heteroatoms. The molecule has 4 rings (SSSR count). The molecule has 0 fully saturated rings. The highest BCUT2D eigenvalue weighted by molar-refractivity contribution is 6.23. The summed E-state index contributed by atoms with van der Waals surface area (Å²) < 4.78 is 1.95. The Hall–Kier alpha value is -3.10. The molecule has 28 heavy (non-hydrogen) atoms. The molecule has 0 unspecified atom stereocenters. The van der Waals surface area contributed by atoms with Crippen molar-refractivity contribution in [1.29, 1.82) is 0 Å². The highest BCUT2D eigenvalue weighted by Crippen LogP contribution is 2.41. The summed E-state index contributed by atoms with van der Waals surface area (Å²) in [5.74, 6) is -0.285. The van der Waals surface area contributed by atoms with Gasteiger partial charge in [-0.2, -0.15) is 0 Å². The lowest BCUT2D eigenvalue weighted by molar-refractivity contribution is 0.377. The number of aromatic hydroxyl groups is 2. The maximum Gasteiger partial charge on any atom is 0.189 e. The second kappa shape index (κ2) is 6.81. The number of H-pyrrole nitrogens is 1. The topological polar surface area (TPSA) is 120 Å². The Bertz CT molecular complexity index is 1300. The smallest absolute Gasteiger partial charge is 0.189 e.